The summed E-state index contributed by atoms with van der Waals surface area (Å²) >= 11 is 0. The summed E-state index contributed by atoms with van der Waals surface area (Å²) < 4.78 is 9.72. The Hall–Kier alpha value is -2.83. The monoisotopic (exact) mass is 306 g/mol. The summed E-state index contributed by atoms with van der Waals surface area (Å²) in [5, 5.41) is 4.40. The number of imide groups is 1. The molecule has 0 saturated heterocycles. The molecule has 0 heterocycles. The van der Waals surface area contributed by atoms with Crippen LogP contribution in [0.1, 0.15) is 12.5 Å². The van der Waals surface area contributed by atoms with Crippen molar-refractivity contribution in [3.63, 3.8) is 0 Å². The average molecular weight is 306 g/mol. The van der Waals surface area contributed by atoms with Gasteiger partial charge in [-0.05, 0) is 30.7 Å². The number of ether oxygens (including phenoxy) is 2. The Morgan fingerprint density at radius 3 is 2.45 bits per heavy atom. The largest absolute Gasteiger partial charge is 0.497 e. The number of amides is 3. The molecule has 0 spiro atoms. The van der Waals surface area contributed by atoms with E-state index < -0.39 is 24.5 Å². The van der Waals surface area contributed by atoms with E-state index in [0.29, 0.717) is 12.3 Å². The van der Waals surface area contributed by atoms with Crippen LogP contribution < -0.4 is 15.4 Å². The quantitative estimate of drug-likeness (QED) is 0.606. The zero-order valence-corrected chi connectivity index (χ0v) is 12.4. The number of hydrogen-bond donors (Lipinski definition) is 2. The lowest BCUT2D eigenvalue weighted by Gasteiger charge is -2.04. The molecule has 1 aromatic rings. The van der Waals surface area contributed by atoms with Crippen molar-refractivity contribution >= 4 is 24.0 Å². The minimum atomic E-state index is -0.697. The molecule has 7 heteroatoms. The lowest BCUT2D eigenvalue weighted by molar-refractivity contribution is -0.143. The van der Waals surface area contributed by atoms with Gasteiger partial charge in [-0.1, -0.05) is 12.1 Å². The van der Waals surface area contributed by atoms with Gasteiger partial charge in [0, 0.05) is 12.6 Å². The third kappa shape index (κ3) is 6.56. The second kappa shape index (κ2) is 9.17. The van der Waals surface area contributed by atoms with Crippen LogP contribution in [0.5, 0.6) is 5.75 Å². The van der Waals surface area contributed by atoms with E-state index >= 15 is 0 Å². The maximum Gasteiger partial charge on any atom is 0.331 e. The molecule has 0 aliphatic rings. The first-order valence-electron chi connectivity index (χ1n) is 6.61. The predicted molar refractivity (Wildman–Crippen MR) is 80.2 cm³/mol. The fraction of sp³-hybridized carbons (Fsp3) is 0.267. The van der Waals surface area contributed by atoms with Gasteiger partial charge in [-0.3, -0.25) is 10.1 Å². The molecule has 118 valence electrons. The number of methoxy groups -OCH3 is 1. The SMILES string of the molecule is CCNC(=O)NC(=O)COC(=O)/C=C/c1ccc(OC)cc1. The summed E-state index contributed by atoms with van der Waals surface area (Å²) in [5.74, 6) is -0.666. The van der Waals surface area contributed by atoms with Crippen LogP contribution >= 0.6 is 0 Å². The average Bonchev–Trinajstić information content (AvgIpc) is 2.51. The van der Waals surface area contributed by atoms with Crippen molar-refractivity contribution in [3.8, 4) is 5.75 Å². The van der Waals surface area contributed by atoms with Crippen molar-refractivity contribution in [1.82, 2.24) is 10.6 Å². The summed E-state index contributed by atoms with van der Waals surface area (Å²) in [6.07, 6.45) is 2.74. The van der Waals surface area contributed by atoms with E-state index in [9.17, 15) is 14.4 Å². The van der Waals surface area contributed by atoms with Crippen LogP contribution in [-0.2, 0) is 14.3 Å². The van der Waals surface area contributed by atoms with Crippen molar-refractivity contribution < 1.29 is 23.9 Å². The molecular formula is C15H18N2O5. The normalized spacial score (nSPS) is 10.1. The first kappa shape index (κ1) is 17.2. The van der Waals surface area contributed by atoms with Crippen LogP contribution in [0.3, 0.4) is 0 Å². The standard InChI is InChI=1S/C15H18N2O5/c1-3-16-15(20)17-13(18)10-22-14(19)9-6-11-4-7-12(21-2)8-5-11/h4-9H,3,10H2,1-2H3,(H2,16,17,18,20)/b9-6+. The molecular weight excluding hydrogens is 288 g/mol. The van der Waals surface area contributed by atoms with Crippen molar-refractivity contribution in [1.29, 1.82) is 0 Å². The van der Waals surface area contributed by atoms with Crippen LogP contribution in [-0.4, -0.2) is 38.2 Å². The number of benzene rings is 1. The van der Waals surface area contributed by atoms with Crippen LogP contribution in [0.2, 0.25) is 0 Å². The number of rotatable bonds is 6. The molecule has 0 fully saturated rings. The Bertz CT molecular complexity index is 552. The van der Waals surface area contributed by atoms with E-state index in [0.717, 1.165) is 5.56 Å². The molecule has 0 saturated carbocycles. The molecule has 3 amide bonds. The van der Waals surface area contributed by atoms with E-state index in [1.54, 1.807) is 44.4 Å². The molecule has 22 heavy (non-hydrogen) atoms. The summed E-state index contributed by atoms with van der Waals surface area (Å²) in [4.78, 5) is 33.8. The Kier molecular flexibility index (Phi) is 7.18. The third-order valence-corrected chi connectivity index (χ3v) is 2.46. The van der Waals surface area contributed by atoms with Gasteiger partial charge in [0.15, 0.2) is 6.61 Å². The van der Waals surface area contributed by atoms with E-state index in [2.05, 4.69) is 5.32 Å². The van der Waals surface area contributed by atoms with Crippen molar-refractivity contribution in [2.75, 3.05) is 20.3 Å². The second-order valence-corrected chi connectivity index (χ2v) is 4.12. The Balaban J connectivity index is 2.37. The Labute approximate surface area is 128 Å². The van der Waals surface area contributed by atoms with E-state index in [1.807, 2.05) is 5.32 Å². The summed E-state index contributed by atoms with van der Waals surface area (Å²) in [6, 6.07) is 6.42. The van der Waals surface area contributed by atoms with Gasteiger partial charge in [0.05, 0.1) is 7.11 Å². The van der Waals surface area contributed by atoms with Gasteiger partial charge >= 0.3 is 12.0 Å². The summed E-state index contributed by atoms with van der Waals surface area (Å²) in [7, 11) is 1.56. The lowest BCUT2D eigenvalue weighted by atomic mass is 10.2. The highest BCUT2D eigenvalue weighted by atomic mass is 16.5. The smallest absolute Gasteiger partial charge is 0.331 e. The molecule has 0 aromatic heterocycles. The molecule has 0 atom stereocenters. The van der Waals surface area contributed by atoms with E-state index in [1.165, 1.54) is 6.08 Å². The van der Waals surface area contributed by atoms with Gasteiger partial charge in [-0.25, -0.2) is 9.59 Å². The van der Waals surface area contributed by atoms with Gasteiger partial charge in [-0.15, -0.1) is 0 Å². The maximum absolute atomic E-state index is 11.4. The highest BCUT2D eigenvalue weighted by Crippen LogP contribution is 2.12. The fourth-order valence-electron chi connectivity index (χ4n) is 1.43. The molecule has 0 radical (unpaired) electrons. The van der Waals surface area contributed by atoms with Gasteiger partial charge in [0.25, 0.3) is 5.91 Å². The van der Waals surface area contributed by atoms with E-state index in [4.69, 9.17) is 9.47 Å². The first-order chi connectivity index (χ1) is 10.5. The van der Waals surface area contributed by atoms with Crippen LogP contribution in [0.15, 0.2) is 30.3 Å². The second-order valence-electron chi connectivity index (χ2n) is 4.12. The minimum Gasteiger partial charge on any atom is -0.497 e. The number of nitrogens with one attached hydrogen (secondary N) is 2. The van der Waals surface area contributed by atoms with Gasteiger partial charge in [0.1, 0.15) is 5.75 Å². The van der Waals surface area contributed by atoms with Crippen LogP contribution in [0.25, 0.3) is 6.08 Å². The fourth-order valence-corrected chi connectivity index (χ4v) is 1.43. The zero-order chi connectivity index (χ0) is 16.4. The number of esters is 1. The lowest BCUT2D eigenvalue weighted by Crippen LogP contribution is -2.41. The van der Waals surface area contributed by atoms with Crippen molar-refractivity contribution in [2.24, 2.45) is 0 Å². The molecule has 0 aliphatic carbocycles. The summed E-state index contributed by atoms with van der Waals surface area (Å²) in [5.41, 5.74) is 0.782. The summed E-state index contributed by atoms with van der Waals surface area (Å²) in [6.45, 7) is 1.58. The van der Waals surface area contributed by atoms with Gasteiger partial charge in [0.2, 0.25) is 0 Å². The number of hydrogen-bond acceptors (Lipinski definition) is 5. The molecule has 2 N–H and O–H groups in total. The highest BCUT2D eigenvalue weighted by Gasteiger charge is 2.08. The van der Waals surface area contributed by atoms with Crippen molar-refractivity contribution in [2.45, 2.75) is 6.92 Å². The third-order valence-electron chi connectivity index (χ3n) is 2.46. The van der Waals surface area contributed by atoms with E-state index in [-0.39, 0.29) is 0 Å². The molecule has 1 aromatic carbocycles. The molecule has 7 nitrogen and oxygen atoms in total. The molecule has 0 aliphatic heterocycles. The molecule has 0 bridgehead atoms. The molecule has 0 unspecified atom stereocenters. The zero-order valence-electron chi connectivity index (χ0n) is 12.4. The number of urea groups is 1. The Morgan fingerprint density at radius 2 is 1.86 bits per heavy atom. The highest BCUT2D eigenvalue weighted by molar-refractivity contribution is 5.96. The minimum absolute atomic E-state index is 0.392. The maximum atomic E-state index is 11.4. The van der Waals surface area contributed by atoms with Crippen LogP contribution in [0.4, 0.5) is 4.79 Å². The van der Waals surface area contributed by atoms with Crippen molar-refractivity contribution in [3.05, 3.63) is 35.9 Å². The Morgan fingerprint density at radius 1 is 1.18 bits per heavy atom. The van der Waals surface area contributed by atoms with Crippen LogP contribution in [0, 0.1) is 0 Å². The first-order valence-corrected chi connectivity index (χ1v) is 6.61. The topological polar surface area (TPSA) is 93.7 Å². The van der Waals surface area contributed by atoms with Gasteiger partial charge < -0.3 is 14.8 Å². The van der Waals surface area contributed by atoms with Gasteiger partial charge in [-0.2, -0.15) is 0 Å². The predicted octanol–water partition coefficient (Wildman–Crippen LogP) is 1.10. The number of carbonyl (C=O) groups is 3. The number of carbonyl (C=O) groups excluding carboxylic acids is 3. The molecule has 1 rings (SSSR count).